The fourth-order valence-corrected chi connectivity index (χ4v) is 3.85. The van der Waals surface area contributed by atoms with Gasteiger partial charge in [0.1, 0.15) is 17.1 Å². The summed E-state index contributed by atoms with van der Waals surface area (Å²) < 4.78 is 5.20. The predicted octanol–water partition coefficient (Wildman–Crippen LogP) is 2.95. The number of aliphatic hydroxyl groups is 1. The summed E-state index contributed by atoms with van der Waals surface area (Å²) >= 11 is 0. The summed E-state index contributed by atoms with van der Waals surface area (Å²) in [5.41, 5.74) is -0.195. The van der Waals surface area contributed by atoms with Crippen LogP contribution in [0.15, 0.2) is 24.3 Å². The Balaban J connectivity index is 1.86. The molecule has 0 heterocycles. The molecule has 0 unspecified atom stereocenters. The molecule has 0 amide bonds. The zero-order chi connectivity index (χ0) is 15.6. The van der Waals surface area contributed by atoms with E-state index in [0.717, 1.165) is 37.0 Å². The summed E-state index contributed by atoms with van der Waals surface area (Å²) in [4.78, 5) is 12.1. The van der Waals surface area contributed by atoms with Crippen molar-refractivity contribution < 1.29 is 14.6 Å². The Morgan fingerprint density at radius 1 is 1.32 bits per heavy atom. The van der Waals surface area contributed by atoms with Gasteiger partial charge in [0, 0.05) is 23.8 Å². The van der Waals surface area contributed by atoms with Gasteiger partial charge in [-0.1, -0.05) is 17.9 Å². The van der Waals surface area contributed by atoms with E-state index in [1.807, 2.05) is 24.3 Å². The number of benzene rings is 1. The van der Waals surface area contributed by atoms with Crippen LogP contribution in [0.5, 0.6) is 5.75 Å². The third kappa shape index (κ3) is 2.89. The van der Waals surface area contributed by atoms with Gasteiger partial charge >= 0.3 is 0 Å². The maximum absolute atomic E-state index is 12.1. The van der Waals surface area contributed by atoms with Gasteiger partial charge in [0.05, 0.1) is 7.11 Å². The average Bonchev–Trinajstić information content (AvgIpc) is 2.55. The SMILES string of the molecule is COc1cccc(C#C[C@]2(O)CCC[C@@H]3C(=O)CCC[C@H]32)c1. The third-order valence-electron chi connectivity index (χ3n) is 5.02. The zero-order valence-electron chi connectivity index (χ0n) is 13.0. The Morgan fingerprint density at radius 3 is 3.00 bits per heavy atom. The molecule has 116 valence electrons. The van der Waals surface area contributed by atoms with Crippen molar-refractivity contribution in [1.82, 2.24) is 0 Å². The zero-order valence-corrected chi connectivity index (χ0v) is 13.0. The van der Waals surface area contributed by atoms with Crippen LogP contribution in [0.25, 0.3) is 0 Å². The number of ketones is 1. The Hall–Kier alpha value is -1.79. The molecule has 2 fully saturated rings. The number of hydrogen-bond donors (Lipinski definition) is 1. The lowest BCUT2D eigenvalue weighted by atomic mass is 9.63. The molecule has 3 atom stereocenters. The number of methoxy groups -OCH3 is 1. The molecule has 0 aromatic heterocycles. The first-order valence-electron chi connectivity index (χ1n) is 8.05. The summed E-state index contributed by atoms with van der Waals surface area (Å²) in [7, 11) is 1.62. The second-order valence-corrected chi connectivity index (χ2v) is 6.37. The number of fused-ring (bicyclic) bond motifs is 1. The highest BCUT2D eigenvalue weighted by molar-refractivity contribution is 5.82. The molecule has 3 nitrogen and oxygen atoms in total. The normalized spacial score (nSPS) is 30.9. The van der Waals surface area contributed by atoms with Crippen LogP contribution in [0, 0.1) is 23.7 Å². The number of carbonyl (C=O) groups excluding carboxylic acids is 1. The molecule has 0 spiro atoms. The lowest BCUT2D eigenvalue weighted by molar-refractivity contribution is -0.135. The molecule has 0 saturated heterocycles. The third-order valence-corrected chi connectivity index (χ3v) is 5.02. The van der Waals surface area contributed by atoms with Gasteiger partial charge in [0.2, 0.25) is 0 Å². The van der Waals surface area contributed by atoms with Gasteiger partial charge in [-0.3, -0.25) is 4.79 Å². The quantitative estimate of drug-likeness (QED) is 0.811. The molecule has 0 bridgehead atoms. The Labute approximate surface area is 131 Å². The molecule has 1 N–H and O–H groups in total. The lowest BCUT2D eigenvalue weighted by Gasteiger charge is -2.43. The number of ether oxygens (including phenoxy) is 1. The van der Waals surface area contributed by atoms with E-state index in [9.17, 15) is 9.90 Å². The van der Waals surface area contributed by atoms with E-state index < -0.39 is 5.60 Å². The molecular weight excluding hydrogens is 276 g/mol. The van der Waals surface area contributed by atoms with Gasteiger partial charge in [-0.05, 0) is 50.3 Å². The fraction of sp³-hybridized carbons (Fsp3) is 0.526. The Bertz CT molecular complexity index is 625. The van der Waals surface area contributed by atoms with Crippen LogP contribution in [-0.2, 0) is 4.79 Å². The highest BCUT2D eigenvalue weighted by atomic mass is 16.5. The van der Waals surface area contributed by atoms with Crippen molar-refractivity contribution in [1.29, 1.82) is 0 Å². The summed E-state index contributed by atoms with van der Waals surface area (Å²) in [6.45, 7) is 0. The van der Waals surface area contributed by atoms with Gasteiger partial charge in [-0.2, -0.15) is 0 Å². The molecule has 1 aromatic rings. The fourth-order valence-electron chi connectivity index (χ4n) is 3.85. The van der Waals surface area contributed by atoms with Crippen molar-refractivity contribution in [2.75, 3.05) is 7.11 Å². The second kappa shape index (κ2) is 6.14. The number of Topliss-reactive ketones (excluding diaryl/α,β-unsaturated/α-hetero) is 1. The van der Waals surface area contributed by atoms with Gasteiger partial charge in [0.15, 0.2) is 0 Å². The van der Waals surface area contributed by atoms with Crippen LogP contribution in [-0.4, -0.2) is 23.6 Å². The maximum Gasteiger partial charge on any atom is 0.136 e. The number of rotatable bonds is 1. The smallest absolute Gasteiger partial charge is 0.136 e. The number of hydrogen-bond acceptors (Lipinski definition) is 3. The minimum Gasteiger partial charge on any atom is -0.497 e. The standard InChI is InChI=1S/C19H22O3/c1-22-15-6-2-5-14(13-15)10-12-19(21)11-4-7-16-17(19)8-3-9-18(16)20/h2,5-6,13,16-17,21H,3-4,7-9,11H2,1H3/t16-,17+,19+/m0/s1. The van der Waals surface area contributed by atoms with Crippen LogP contribution >= 0.6 is 0 Å². The van der Waals surface area contributed by atoms with E-state index in [4.69, 9.17) is 4.74 Å². The summed E-state index contributed by atoms with van der Waals surface area (Å²) in [5, 5.41) is 11.0. The maximum atomic E-state index is 12.1. The van der Waals surface area contributed by atoms with Gasteiger partial charge in [-0.25, -0.2) is 0 Å². The Kier molecular flexibility index (Phi) is 4.22. The van der Waals surface area contributed by atoms with E-state index in [1.165, 1.54) is 0 Å². The van der Waals surface area contributed by atoms with Crippen LogP contribution in [0.3, 0.4) is 0 Å². The molecule has 3 rings (SSSR count). The monoisotopic (exact) mass is 298 g/mol. The van der Waals surface area contributed by atoms with Crippen molar-refractivity contribution in [3.8, 4) is 17.6 Å². The second-order valence-electron chi connectivity index (χ2n) is 6.37. The largest absolute Gasteiger partial charge is 0.497 e. The highest BCUT2D eigenvalue weighted by Gasteiger charge is 2.47. The molecule has 2 aliphatic rings. The molecule has 1 aromatic carbocycles. The summed E-state index contributed by atoms with van der Waals surface area (Å²) in [5.74, 6) is 7.25. The van der Waals surface area contributed by atoms with Crippen molar-refractivity contribution in [3.05, 3.63) is 29.8 Å². The molecule has 2 saturated carbocycles. The molecule has 0 radical (unpaired) electrons. The minimum atomic E-state index is -1.03. The van der Waals surface area contributed by atoms with Gasteiger partial charge < -0.3 is 9.84 Å². The molecule has 22 heavy (non-hydrogen) atoms. The van der Waals surface area contributed by atoms with Crippen molar-refractivity contribution in [3.63, 3.8) is 0 Å². The van der Waals surface area contributed by atoms with E-state index in [0.29, 0.717) is 18.6 Å². The van der Waals surface area contributed by atoms with Crippen molar-refractivity contribution in [2.45, 2.75) is 44.1 Å². The summed E-state index contributed by atoms with van der Waals surface area (Å²) in [6, 6.07) is 7.53. The molecule has 0 aliphatic heterocycles. The average molecular weight is 298 g/mol. The van der Waals surface area contributed by atoms with Crippen LogP contribution < -0.4 is 4.74 Å². The molecule has 3 heteroatoms. The Morgan fingerprint density at radius 2 is 2.18 bits per heavy atom. The molecular formula is C19H22O3. The van der Waals surface area contributed by atoms with Crippen LogP contribution in [0.2, 0.25) is 0 Å². The highest BCUT2D eigenvalue weighted by Crippen LogP contribution is 2.44. The first-order valence-corrected chi connectivity index (χ1v) is 8.05. The van der Waals surface area contributed by atoms with Gasteiger partial charge in [0.25, 0.3) is 0 Å². The lowest BCUT2D eigenvalue weighted by Crippen LogP contribution is -2.48. The van der Waals surface area contributed by atoms with Crippen molar-refractivity contribution in [2.24, 2.45) is 11.8 Å². The topological polar surface area (TPSA) is 46.5 Å². The van der Waals surface area contributed by atoms with E-state index >= 15 is 0 Å². The van der Waals surface area contributed by atoms with Crippen LogP contribution in [0.1, 0.15) is 44.1 Å². The molecule has 2 aliphatic carbocycles. The van der Waals surface area contributed by atoms with Crippen molar-refractivity contribution >= 4 is 5.78 Å². The minimum absolute atomic E-state index is 0.000563. The van der Waals surface area contributed by atoms with Gasteiger partial charge in [-0.15, -0.1) is 0 Å². The first-order chi connectivity index (χ1) is 10.6. The van der Waals surface area contributed by atoms with E-state index in [-0.39, 0.29) is 11.8 Å². The first kappa shape index (κ1) is 15.1. The number of carbonyl (C=O) groups is 1. The predicted molar refractivity (Wildman–Crippen MR) is 84.5 cm³/mol. The van der Waals surface area contributed by atoms with E-state index in [1.54, 1.807) is 7.11 Å². The van der Waals surface area contributed by atoms with Crippen LogP contribution in [0.4, 0.5) is 0 Å². The summed E-state index contributed by atoms with van der Waals surface area (Å²) in [6.07, 6.45) is 4.89. The van der Waals surface area contributed by atoms with E-state index in [2.05, 4.69) is 11.8 Å².